The minimum atomic E-state index is -0.629. The molecular formula is C17H24BrNO2. The first-order chi connectivity index (χ1) is 9.91. The zero-order valence-electron chi connectivity index (χ0n) is 12.8. The van der Waals surface area contributed by atoms with Crippen molar-refractivity contribution >= 4 is 21.9 Å². The van der Waals surface area contributed by atoms with Gasteiger partial charge >= 0.3 is 5.97 Å². The predicted molar refractivity (Wildman–Crippen MR) is 88.2 cm³/mol. The predicted octanol–water partition coefficient (Wildman–Crippen LogP) is 4.16. The maximum atomic E-state index is 11.8. The summed E-state index contributed by atoms with van der Waals surface area (Å²) >= 11 is 3.48. The molecular weight excluding hydrogens is 330 g/mol. The average molecular weight is 354 g/mol. The van der Waals surface area contributed by atoms with Crippen LogP contribution in [0.2, 0.25) is 0 Å². The van der Waals surface area contributed by atoms with Crippen molar-refractivity contribution in [1.29, 1.82) is 0 Å². The van der Waals surface area contributed by atoms with Crippen molar-refractivity contribution in [3.05, 3.63) is 34.3 Å². The van der Waals surface area contributed by atoms with Gasteiger partial charge in [-0.05, 0) is 43.5 Å². The average Bonchev–Trinajstić information content (AvgIpc) is 2.38. The Morgan fingerprint density at radius 2 is 2.29 bits per heavy atom. The number of aliphatic carboxylic acids is 1. The Balaban J connectivity index is 2.05. The van der Waals surface area contributed by atoms with Crippen LogP contribution >= 0.6 is 15.9 Å². The van der Waals surface area contributed by atoms with Crippen LogP contribution in [0, 0.1) is 11.3 Å². The summed E-state index contributed by atoms with van der Waals surface area (Å²) in [6.45, 7) is 3.58. The van der Waals surface area contributed by atoms with Gasteiger partial charge in [-0.1, -0.05) is 47.8 Å². The zero-order chi connectivity index (χ0) is 15.5. The smallest absolute Gasteiger partial charge is 0.310 e. The summed E-state index contributed by atoms with van der Waals surface area (Å²) < 4.78 is 1.06. The van der Waals surface area contributed by atoms with E-state index >= 15 is 0 Å². The SMILES string of the molecule is CC1CCCC(CN(C)Cc2cccc(Br)c2)(C(=O)O)C1. The molecule has 0 radical (unpaired) electrons. The van der Waals surface area contributed by atoms with Crippen LogP contribution in [-0.2, 0) is 11.3 Å². The van der Waals surface area contributed by atoms with Crippen LogP contribution in [0.25, 0.3) is 0 Å². The fourth-order valence-electron chi connectivity index (χ4n) is 3.59. The Morgan fingerprint density at radius 1 is 1.52 bits per heavy atom. The number of nitrogens with zero attached hydrogens (tertiary/aromatic N) is 1. The summed E-state index contributed by atoms with van der Waals surface area (Å²) in [7, 11) is 2.02. The standard InChI is InChI=1S/C17H24BrNO2/c1-13-5-4-8-17(10-13,16(20)21)12-19(2)11-14-6-3-7-15(18)9-14/h3,6-7,9,13H,4-5,8,10-12H2,1-2H3,(H,20,21). The van der Waals surface area contributed by atoms with Gasteiger partial charge in [0.2, 0.25) is 0 Å². The maximum Gasteiger partial charge on any atom is 0.310 e. The molecule has 1 aromatic rings. The highest BCUT2D eigenvalue weighted by Gasteiger charge is 2.42. The van der Waals surface area contributed by atoms with Crippen LogP contribution < -0.4 is 0 Å². The highest BCUT2D eigenvalue weighted by molar-refractivity contribution is 9.10. The van der Waals surface area contributed by atoms with Gasteiger partial charge in [0.1, 0.15) is 0 Å². The minimum Gasteiger partial charge on any atom is -0.481 e. The molecule has 21 heavy (non-hydrogen) atoms. The molecule has 2 atom stereocenters. The van der Waals surface area contributed by atoms with E-state index in [-0.39, 0.29) is 0 Å². The lowest BCUT2D eigenvalue weighted by Gasteiger charge is -2.39. The number of carboxylic acid groups (broad SMARTS) is 1. The molecule has 0 heterocycles. The van der Waals surface area contributed by atoms with Gasteiger partial charge in [0.15, 0.2) is 0 Å². The van der Waals surface area contributed by atoms with Gasteiger partial charge in [0, 0.05) is 17.6 Å². The number of hydrogen-bond acceptors (Lipinski definition) is 2. The fraction of sp³-hybridized carbons (Fsp3) is 0.588. The Labute approximate surface area is 135 Å². The van der Waals surface area contributed by atoms with Gasteiger partial charge in [0.05, 0.1) is 5.41 Å². The first kappa shape index (κ1) is 16.5. The first-order valence-corrected chi connectivity index (χ1v) is 8.37. The summed E-state index contributed by atoms with van der Waals surface area (Å²) in [6, 6.07) is 8.19. The van der Waals surface area contributed by atoms with Crippen LogP contribution in [0.5, 0.6) is 0 Å². The van der Waals surface area contributed by atoms with E-state index in [0.717, 1.165) is 36.7 Å². The molecule has 2 rings (SSSR count). The molecule has 3 nitrogen and oxygen atoms in total. The van der Waals surface area contributed by atoms with Crippen LogP contribution in [-0.4, -0.2) is 29.6 Å². The fourth-order valence-corrected chi connectivity index (χ4v) is 4.03. The second-order valence-corrected chi connectivity index (χ2v) is 7.50. The molecule has 0 spiro atoms. The normalized spacial score (nSPS) is 26.0. The lowest BCUT2D eigenvalue weighted by Crippen LogP contribution is -2.44. The number of benzene rings is 1. The molecule has 0 aromatic heterocycles. The third-order valence-corrected chi connectivity index (χ3v) is 4.95. The van der Waals surface area contributed by atoms with Gasteiger partial charge in [-0.15, -0.1) is 0 Å². The molecule has 1 N–H and O–H groups in total. The van der Waals surface area contributed by atoms with Crippen molar-refractivity contribution in [3.63, 3.8) is 0 Å². The van der Waals surface area contributed by atoms with Gasteiger partial charge in [-0.25, -0.2) is 0 Å². The topological polar surface area (TPSA) is 40.5 Å². The zero-order valence-corrected chi connectivity index (χ0v) is 14.4. The van der Waals surface area contributed by atoms with E-state index in [9.17, 15) is 9.90 Å². The molecule has 0 amide bonds. The molecule has 1 aliphatic carbocycles. The summed E-state index contributed by atoms with van der Waals surface area (Å²) in [4.78, 5) is 14.0. The van der Waals surface area contributed by atoms with Crippen molar-refractivity contribution < 1.29 is 9.90 Å². The number of carbonyl (C=O) groups is 1. The molecule has 1 aromatic carbocycles. The first-order valence-electron chi connectivity index (χ1n) is 7.58. The molecule has 0 bridgehead atoms. The monoisotopic (exact) mass is 353 g/mol. The quantitative estimate of drug-likeness (QED) is 0.863. The van der Waals surface area contributed by atoms with E-state index in [1.165, 1.54) is 5.56 Å². The Hall–Kier alpha value is -0.870. The van der Waals surface area contributed by atoms with E-state index in [1.807, 2.05) is 19.2 Å². The second-order valence-electron chi connectivity index (χ2n) is 6.59. The third-order valence-electron chi connectivity index (χ3n) is 4.46. The van der Waals surface area contributed by atoms with E-state index in [4.69, 9.17) is 0 Å². The second kappa shape index (κ2) is 6.93. The lowest BCUT2D eigenvalue weighted by atomic mass is 9.69. The molecule has 1 fully saturated rings. The molecule has 0 saturated heterocycles. The highest BCUT2D eigenvalue weighted by Crippen LogP contribution is 2.40. The summed E-state index contributed by atoms with van der Waals surface area (Å²) in [6.07, 6.45) is 3.78. The van der Waals surface area contributed by atoms with Crippen LogP contribution in [0.1, 0.15) is 38.2 Å². The van der Waals surface area contributed by atoms with Crippen LogP contribution in [0.4, 0.5) is 0 Å². The highest BCUT2D eigenvalue weighted by atomic mass is 79.9. The van der Waals surface area contributed by atoms with Crippen molar-refractivity contribution in [2.24, 2.45) is 11.3 Å². The third kappa shape index (κ3) is 4.30. The van der Waals surface area contributed by atoms with Crippen LogP contribution in [0.15, 0.2) is 28.7 Å². The van der Waals surface area contributed by atoms with Gasteiger partial charge in [0.25, 0.3) is 0 Å². The largest absolute Gasteiger partial charge is 0.481 e. The Kier molecular flexibility index (Phi) is 5.44. The van der Waals surface area contributed by atoms with Gasteiger partial charge in [-0.2, -0.15) is 0 Å². The van der Waals surface area contributed by atoms with Gasteiger partial charge in [-0.3, -0.25) is 4.79 Å². The number of halogens is 1. The molecule has 116 valence electrons. The summed E-state index contributed by atoms with van der Waals surface area (Å²) in [5, 5.41) is 9.73. The van der Waals surface area contributed by atoms with Gasteiger partial charge < -0.3 is 10.0 Å². The van der Waals surface area contributed by atoms with E-state index < -0.39 is 11.4 Å². The lowest BCUT2D eigenvalue weighted by molar-refractivity contribution is -0.153. The molecule has 2 unspecified atom stereocenters. The maximum absolute atomic E-state index is 11.8. The van der Waals surface area contributed by atoms with Crippen molar-refractivity contribution in [1.82, 2.24) is 4.90 Å². The van der Waals surface area contributed by atoms with Crippen molar-refractivity contribution in [2.75, 3.05) is 13.6 Å². The molecule has 4 heteroatoms. The molecule has 0 aliphatic heterocycles. The van der Waals surface area contributed by atoms with Crippen LogP contribution in [0.3, 0.4) is 0 Å². The van der Waals surface area contributed by atoms with Crippen molar-refractivity contribution in [3.8, 4) is 0 Å². The number of rotatable bonds is 5. The summed E-state index contributed by atoms with van der Waals surface area (Å²) in [5.74, 6) is -0.121. The number of carboxylic acids is 1. The molecule has 1 saturated carbocycles. The number of hydrogen-bond donors (Lipinski definition) is 1. The summed E-state index contributed by atoms with van der Waals surface area (Å²) in [5.41, 5.74) is 0.634. The Morgan fingerprint density at radius 3 is 2.90 bits per heavy atom. The van der Waals surface area contributed by atoms with E-state index in [0.29, 0.717) is 12.5 Å². The Bertz CT molecular complexity index is 505. The van der Waals surface area contributed by atoms with E-state index in [2.05, 4.69) is 39.9 Å². The molecule has 1 aliphatic rings. The van der Waals surface area contributed by atoms with Crippen molar-refractivity contribution in [2.45, 2.75) is 39.2 Å². The minimum absolute atomic E-state index is 0.508. The van der Waals surface area contributed by atoms with E-state index in [1.54, 1.807) is 0 Å².